The highest BCUT2D eigenvalue weighted by atomic mass is 19.1. The van der Waals surface area contributed by atoms with Gasteiger partial charge in [-0.2, -0.15) is 0 Å². The van der Waals surface area contributed by atoms with Gasteiger partial charge in [-0.3, -0.25) is 4.98 Å². The van der Waals surface area contributed by atoms with E-state index in [0.717, 1.165) is 35.9 Å². The molecule has 0 spiro atoms. The molecule has 1 heterocycles. The van der Waals surface area contributed by atoms with E-state index in [-0.39, 0.29) is 5.82 Å². The molecule has 0 N–H and O–H groups in total. The Bertz CT molecular complexity index is 1150. The molecule has 3 aromatic rings. The summed E-state index contributed by atoms with van der Waals surface area (Å²) in [5.41, 5.74) is 8.77. The molecule has 1 aromatic heterocycles. The number of hydrogen-bond acceptors (Lipinski definition) is 2. The Kier molecular flexibility index (Phi) is 6.97. The predicted octanol–water partition coefficient (Wildman–Crippen LogP) is 7.45. The van der Waals surface area contributed by atoms with E-state index in [4.69, 9.17) is 0 Å². The lowest BCUT2D eigenvalue weighted by atomic mass is 9.92. The van der Waals surface area contributed by atoms with Gasteiger partial charge in [0.25, 0.3) is 0 Å². The van der Waals surface area contributed by atoms with E-state index in [1.165, 1.54) is 40.7 Å². The van der Waals surface area contributed by atoms with E-state index in [0.29, 0.717) is 12.1 Å². The van der Waals surface area contributed by atoms with Crippen LogP contribution in [0, 0.1) is 24.6 Å². The second-order valence-corrected chi connectivity index (χ2v) is 9.66. The quantitative estimate of drug-likeness (QED) is 0.342. The van der Waals surface area contributed by atoms with E-state index >= 15 is 0 Å². The molecule has 1 aliphatic carbocycles. The molecule has 2 aromatic carbocycles. The molecule has 2 atom stereocenters. The summed E-state index contributed by atoms with van der Waals surface area (Å²) >= 11 is 0. The summed E-state index contributed by atoms with van der Waals surface area (Å²) in [7, 11) is 2.04. The Balaban J connectivity index is 1.64. The van der Waals surface area contributed by atoms with Crippen molar-refractivity contribution in [1.29, 1.82) is 0 Å². The first-order valence-electron chi connectivity index (χ1n) is 12.1. The van der Waals surface area contributed by atoms with Gasteiger partial charge in [0.1, 0.15) is 5.82 Å². The van der Waals surface area contributed by atoms with Crippen LogP contribution in [0.3, 0.4) is 0 Å². The van der Waals surface area contributed by atoms with Crippen LogP contribution in [0.1, 0.15) is 54.5 Å². The third-order valence-corrected chi connectivity index (χ3v) is 7.20. The number of hydrogen-bond donors (Lipinski definition) is 0. The maximum Gasteiger partial charge on any atom is 0.126 e. The summed E-state index contributed by atoms with van der Waals surface area (Å²) < 4.78 is 14.1. The topological polar surface area (TPSA) is 16.1 Å². The van der Waals surface area contributed by atoms with Gasteiger partial charge in [-0.25, -0.2) is 4.39 Å². The van der Waals surface area contributed by atoms with Crippen LogP contribution in [-0.4, -0.2) is 16.9 Å². The van der Waals surface area contributed by atoms with Gasteiger partial charge in [0.05, 0.1) is 0 Å². The molecular formula is C30H35FN2. The van der Waals surface area contributed by atoms with Crippen LogP contribution in [0.4, 0.5) is 4.39 Å². The molecule has 0 bridgehead atoms. The zero-order valence-corrected chi connectivity index (χ0v) is 20.4. The van der Waals surface area contributed by atoms with Crippen LogP contribution in [0.2, 0.25) is 0 Å². The lowest BCUT2D eigenvalue weighted by Gasteiger charge is -2.25. The number of benzene rings is 2. The van der Waals surface area contributed by atoms with Gasteiger partial charge in [-0.15, -0.1) is 0 Å². The molecule has 0 saturated heterocycles. The monoisotopic (exact) mass is 442 g/mol. The smallest absolute Gasteiger partial charge is 0.126 e. The summed E-state index contributed by atoms with van der Waals surface area (Å²) in [5, 5.41) is 0. The van der Waals surface area contributed by atoms with Crippen molar-refractivity contribution in [3.63, 3.8) is 0 Å². The first kappa shape index (κ1) is 23.2. The average Bonchev–Trinajstić information content (AvgIpc) is 3.54. The van der Waals surface area contributed by atoms with Gasteiger partial charge < -0.3 is 4.90 Å². The molecule has 33 heavy (non-hydrogen) atoms. The zero-order chi connectivity index (χ0) is 23.5. The van der Waals surface area contributed by atoms with Crippen LogP contribution < -0.4 is 0 Å². The Morgan fingerprint density at radius 2 is 1.94 bits per heavy atom. The summed E-state index contributed by atoms with van der Waals surface area (Å²) in [6.07, 6.45) is 8.43. The molecule has 4 rings (SSSR count). The molecule has 1 saturated carbocycles. The van der Waals surface area contributed by atoms with E-state index in [1.807, 2.05) is 31.6 Å². The van der Waals surface area contributed by atoms with Crippen molar-refractivity contribution in [3.05, 3.63) is 95.1 Å². The van der Waals surface area contributed by atoms with E-state index in [2.05, 4.69) is 54.6 Å². The first-order chi connectivity index (χ1) is 15.9. The van der Waals surface area contributed by atoms with E-state index in [9.17, 15) is 4.39 Å². The van der Waals surface area contributed by atoms with Crippen molar-refractivity contribution in [3.8, 4) is 11.1 Å². The van der Waals surface area contributed by atoms with Crippen molar-refractivity contribution < 1.29 is 4.39 Å². The highest BCUT2D eigenvalue weighted by Crippen LogP contribution is 2.42. The highest BCUT2D eigenvalue weighted by molar-refractivity contribution is 5.74. The fourth-order valence-corrected chi connectivity index (χ4v) is 4.67. The molecule has 2 unspecified atom stereocenters. The van der Waals surface area contributed by atoms with Crippen LogP contribution in [0.25, 0.3) is 16.8 Å². The number of rotatable bonds is 9. The molecule has 2 nitrogen and oxygen atoms in total. The molecule has 172 valence electrons. The van der Waals surface area contributed by atoms with Crippen LogP contribution in [-0.2, 0) is 19.4 Å². The minimum absolute atomic E-state index is 0.156. The Morgan fingerprint density at radius 1 is 1.15 bits per heavy atom. The van der Waals surface area contributed by atoms with Gasteiger partial charge >= 0.3 is 0 Å². The molecule has 0 aliphatic heterocycles. The standard InChI is InChI=1S/C30H35FN2/c1-6-24-13-14-32-18-29(24)27-12-10-25(9-11-26-15-21(26)3)28(17-27)22(4)33(5)19-23-8-7-20(2)30(31)16-23/h7-8,10,12-14,16-18,21,26H,4,6,9,11,15,19H2,1-3,5H3. The second-order valence-electron chi connectivity index (χ2n) is 9.66. The molecule has 3 heteroatoms. The van der Waals surface area contributed by atoms with Crippen LogP contribution in [0.5, 0.6) is 0 Å². The van der Waals surface area contributed by atoms with Gasteiger partial charge in [0.15, 0.2) is 0 Å². The van der Waals surface area contributed by atoms with Crippen LogP contribution in [0.15, 0.2) is 61.4 Å². The lowest BCUT2D eigenvalue weighted by molar-refractivity contribution is 0.473. The second kappa shape index (κ2) is 9.91. The number of nitrogens with zero attached hydrogens (tertiary/aromatic N) is 2. The Hall–Kier alpha value is -2.94. The Morgan fingerprint density at radius 3 is 2.64 bits per heavy atom. The minimum Gasteiger partial charge on any atom is -0.370 e. The van der Waals surface area contributed by atoms with Crippen molar-refractivity contribution in [2.75, 3.05) is 7.05 Å². The molecule has 1 aliphatic rings. The molecule has 1 fully saturated rings. The summed E-state index contributed by atoms with van der Waals surface area (Å²) in [5.74, 6) is 1.55. The molecular weight excluding hydrogens is 407 g/mol. The van der Waals surface area contributed by atoms with Gasteiger partial charge in [-0.1, -0.05) is 44.7 Å². The number of aromatic nitrogens is 1. The van der Waals surface area contributed by atoms with Gasteiger partial charge in [-0.05, 0) is 90.5 Å². The van der Waals surface area contributed by atoms with Crippen molar-refractivity contribution in [1.82, 2.24) is 9.88 Å². The van der Waals surface area contributed by atoms with Crippen molar-refractivity contribution in [2.45, 2.75) is 53.0 Å². The van der Waals surface area contributed by atoms with Crippen molar-refractivity contribution >= 4 is 5.70 Å². The number of pyridine rings is 1. The van der Waals surface area contributed by atoms with Crippen LogP contribution >= 0.6 is 0 Å². The third-order valence-electron chi connectivity index (χ3n) is 7.20. The van der Waals surface area contributed by atoms with Gasteiger partial charge in [0.2, 0.25) is 0 Å². The number of halogens is 1. The van der Waals surface area contributed by atoms with E-state index < -0.39 is 0 Å². The maximum absolute atomic E-state index is 14.1. The summed E-state index contributed by atoms with van der Waals surface area (Å²) in [6, 6.07) is 14.4. The zero-order valence-electron chi connectivity index (χ0n) is 20.4. The highest BCUT2D eigenvalue weighted by Gasteiger charge is 2.31. The number of aryl methyl sites for hydroxylation is 3. The van der Waals surface area contributed by atoms with Gasteiger partial charge in [0, 0.05) is 42.8 Å². The largest absolute Gasteiger partial charge is 0.370 e. The molecule has 0 amide bonds. The predicted molar refractivity (Wildman–Crippen MR) is 136 cm³/mol. The molecule has 0 radical (unpaired) electrons. The summed E-state index contributed by atoms with van der Waals surface area (Å²) in [6.45, 7) is 11.4. The average molecular weight is 443 g/mol. The Labute approximate surface area is 198 Å². The lowest BCUT2D eigenvalue weighted by Crippen LogP contribution is -2.17. The third kappa shape index (κ3) is 5.35. The van der Waals surface area contributed by atoms with Crippen molar-refractivity contribution in [2.24, 2.45) is 11.8 Å². The maximum atomic E-state index is 14.1. The fourth-order valence-electron chi connectivity index (χ4n) is 4.67. The first-order valence-corrected chi connectivity index (χ1v) is 12.1. The minimum atomic E-state index is -0.156. The SMILES string of the molecule is C=C(c1cc(-c2cnccc2CC)ccc1CCC1CC1C)N(C)Cc1ccc(C)c(F)c1. The fraction of sp³-hybridized carbons (Fsp3) is 0.367. The normalized spacial score (nSPS) is 17.1. The summed E-state index contributed by atoms with van der Waals surface area (Å²) in [4.78, 5) is 6.52. The van der Waals surface area contributed by atoms with E-state index in [1.54, 1.807) is 13.0 Å².